The topological polar surface area (TPSA) is 50.4 Å². The number of amides is 1. The second-order valence-corrected chi connectivity index (χ2v) is 3.29. The lowest BCUT2D eigenvalue weighted by atomic mass is 10.2. The van der Waals surface area contributed by atoms with E-state index in [-0.39, 0.29) is 12.0 Å². The summed E-state index contributed by atoms with van der Waals surface area (Å²) >= 11 is 0. The Balaban J connectivity index is 2.00. The molecule has 76 valence electrons. The molecule has 1 aliphatic heterocycles. The van der Waals surface area contributed by atoms with Crippen molar-refractivity contribution in [2.45, 2.75) is 25.4 Å². The molecule has 0 aliphatic carbocycles. The highest BCUT2D eigenvalue weighted by Gasteiger charge is 2.15. The fraction of sp³-hybridized carbons (Fsp3) is 0.889. The quantitative estimate of drug-likeness (QED) is 0.630. The Bertz CT molecular complexity index is 156. The minimum absolute atomic E-state index is 0.102. The number of hydrogen-bond donors (Lipinski definition) is 2. The minimum atomic E-state index is 0.102. The Morgan fingerprint density at radius 2 is 2.46 bits per heavy atom. The van der Waals surface area contributed by atoms with Crippen molar-refractivity contribution in [3.63, 3.8) is 0 Å². The van der Waals surface area contributed by atoms with Gasteiger partial charge in [0.05, 0.1) is 6.10 Å². The first kappa shape index (κ1) is 10.5. The van der Waals surface area contributed by atoms with Crippen LogP contribution >= 0.6 is 0 Å². The van der Waals surface area contributed by atoms with Crippen LogP contribution in [0.15, 0.2) is 0 Å². The molecule has 1 fully saturated rings. The van der Waals surface area contributed by atoms with Gasteiger partial charge in [-0.3, -0.25) is 4.79 Å². The van der Waals surface area contributed by atoms with Gasteiger partial charge in [0.2, 0.25) is 5.91 Å². The SMILES string of the molecule is CNCCC(=O)NCC1CCCO1. The van der Waals surface area contributed by atoms with Gasteiger partial charge in [-0.1, -0.05) is 0 Å². The van der Waals surface area contributed by atoms with Gasteiger partial charge in [0, 0.05) is 26.1 Å². The molecule has 1 unspecified atom stereocenters. The molecule has 0 bridgehead atoms. The third kappa shape index (κ3) is 4.24. The highest BCUT2D eigenvalue weighted by atomic mass is 16.5. The van der Waals surface area contributed by atoms with Crippen molar-refractivity contribution >= 4 is 5.91 Å². The number of nitrogens with one attached hydrogen (secondary N) is 2. The third-order valence-corrected chi connectivity index (χ3v) is 2.15. The molecule has 0 aromatic rings. The lowest BCUT2D eigenvalue weighted by Crippen LogP contribution is -2.33. The van der Waals surface area contributed by atoms with E-state index in [4.69, 9.17) is 4.74 Å². The van der Waals surface area contributed by atoms with Crippen molar-refractivity contribution < 1.29 is 9.53 Å². The van der Waals surface area contributed by atoms with Gasteiger partial charge in [-0.25, -0.2) is 0 Å². The maximum atomic E-state index is 11.2. The molecule has 0 aromatic carbocycles. The molecule has 0 saturated carbocycles. The van der Waals surface area contributed by atoms with Gasteiger partial charge < -0.3 is 15.4 Å². The Morgan fingerprint density at radius 3 is 3.08 bits per heavy atom. The zero-order valence-electron chi connectivity index (χ0n) is 8.14. The van der Waals surface area contributed by atoms with Crippen molar-refractivity contribution in [3.05, 3.63) is 0 Å². The standard InChI is InChI=1S/C9H18N2O2/c1-10-5-4-9(12)11-7-8-3-2-6-13-8/h8,10H,2-7H2,1H3,(H,11,12). The fourth-order valence-corrected chi connectivity index (χ4v) is 1.36. The summed E-state index contributed by atoms with van der Waals surface area (Å²) < 4.78 is 5.38. The molecule has 1 amide bonds. The number of carbonyl (C=O) groups is 1. The summed E-state index contributed by atoms with van der Waals surface area (Å²) in [6.45, 7) is 2.25. The summed E-state index contributed by atoms with van der Waals surface area (Å²) in [5.41, 5.74) is 0. The van der Waals surface area contributed by atoms with E-state index in [1.165, 1.54) is 0 Å². The Kier molecular flexibility index (Phi) is 4.78. The van der Waals surface area contributed by atoms with E-state index in [1.807, 2.05) is 7.05 Å². The van der Waals surface area contributed by atoms with Gasteiger partial charge in [0.1, 0.15) is 0 Å². The number of hydrogen-bond acceptors (Lipinski definition) is 3. The summed E-state index contributed by atoms with van der Waals surface area (Å²) in [7, 11) is 1.84. The van der Waals surface area contributed by atoms with Crippen molar-refractivity contribution in [1.29, 1.82) is 0 Å². The predicted octanol–water partition coefficient (Wildman–Crippen LogP) is -0.109. The molecule has 1 heterocycles. The molecule has 0 spiro atoms. The highest BCUT2D eigenvalue weighted by molar-refractivity contribution is 5.76. The highest BCUT2D eigenvalue weighted by Crippen LogP contribution is 2.10. The zero-order valence-corrected chi connectivity index (χ0v) is 8.14. The van der Waals surface area contributed by atoms with E-state index < -0.39 is 0 Å². The molecule has 1 aliphatic rings. The molecule has 13 heavy (non-hydrogen) atoms. The van der Waals surface area contributed by atoms with Crippen LogP contribution in [0, 0.1) is 0 Å². The van der Waals surface area contributed by atoms with Crippen LogP contribution in [0.25, 0.3) is 0 Å². The van der Waals surface area contributed by atoms with Crippen molar-refractivity contribution in [2.24, 2.45) is 0 Å². The van der Waals surface area contributed by atoms with Crippen LogP contribution in [0.5, 0.6) is 0 Å². The zero-order chi connectivity index (χ0) is 9.52. The Hall–Kier alpha value is -0.610. The van der Waals surface area contributed by atoms with Crippen LogP contribution in [0.3, 0.4) is 0 Å². The van der Waals surface area contributed by atoms with Gasteiger partial charge in [-0.2, -0.15) is 0 Å². The van der Waals surface area contributed by atoms with Gasteiger partial charge >= 0.3 is 0 Å². The van der Waals surface area contributed by atoms with E-state index in [0.717, 1.165) is 26.0 Å². The molecular formula is C9H18N2O2. The maximum absolute atomic E-state index is 11.2. The van der Waals surface area contributed by atoms with Crippen molar-refractivity contribution in [2.75, 3.05) is 26.7 Å². The molecule has 4 heteroatoms. The maximum Gasteiger partial charge on any atom is 0.221 e. The van der Waals surface area contributed by atoms with Gasteiger partial charge in [0.25, 0.3) is 0 Å². The smallest absolute Gasteiger partial charge is 0.221 e. The molecule has 1 rings (SSSR count). The summed E-state index contributed by atoms with van der Waals surface area (Å²) in [4.78, 5) is 11.2. The van der Waals surface area contributed by atoms with E-state index in [0.29, 0.717) is 13.0 Å². The average molecular weight is 186 g/mol. The van der Waals surface area contributed by atoms with Crippen LogP contribution < -0.4 is 10.6 Å². The summed E-state index contributed by atoms with van der Waals surface area (Å²) in [6, 6.07) is 0. The normalized spacial score (nSPS) is 21.8. The summed E-state index contributed by atoms with van der Waals surface area (Å²) in [5.74, 6) is 0.102. The number of ether oxygens (including phenoxy) is 1. The van der Waals surface area contributed by atoms with Crippen LogP contribution in [0.4, 0.5) is 0 Å². The van der Waals surface area contributed by atoms with Crippen LogP contribution in [-0.4, -0.2) is 38.8 Å². The lowest BCUT2D eigenvalue weighted by Gasteiger charge is -2.10. The molecule has 0 radical (unpaired) electrons. The molecule has 1 saturated heterocycles. The molecule has 4 nitrogen and oxygen atoms in total. The van der Waals surface area contributed by atoms with Gasteiger partial charge in [-0.05, 0) is 19.9 Å². The fourth-order valence-electron chi connectivity index (χ4n) is 1.36. The van der Waals surface area contributed by atoms with Crippen molar-refractivity contribution in [3.8, 4) is 0 Å². The third-order valence-electron chi connectivity index (χ3n) is 2.15. The van der Waals surface area contributed by atoms with E-state index in [1.54, 1.807) is 0 Å². The monoisotopic (exact) mass is 186 g/mol. The first-order chi connectivity index (χ1) is 6.33. The van der Waals surface area contributed by atoms with Crippen LogP contribution in [-0.2, 0) is 9.53 Å². The Labute approximate surface area is 79.0 Å². The van der Waals surface area contributed by atoms with Crippen LogP contribution in [0.2, 0.25) is 0 Å². The average Bonchev–Trinajstić information content (AvgIpc) is 2.64. The number of rotatable bonds is 5. The van der Waals surface area contributed by atoms with E-state index in [2.05, 4.69) is 10.6 Å². The second-order valence-electron chi connectivity index (χ2n) is 3.29. The van der Waals surface area contributed by atoms with Crippen molar-refractivity contribution in [1.82, 2.24) is 10.6 Å². The summed E-state index contributed by atoms with van der Waals surface area (Å²) in [5, 5.41) is 5.79. The Morgan fingerprint density at radius 1 is 1.62 bits per heavy atom. The molecule has 1 atom stereocenters. The predicted molar refractivity (Wildman–Crippen MR) is 50.5 cm³/mol. The molecule has 2 N–H and O–H groups in total. The number of carbonyl (C=O) groups excluding carboxylic acids is 1. The van der Waals surface area contributed by atoms with E-state index in [9.17, 15) is 4.79 Å². The van der Waals surface area contributed by atoms with E-state index >= 15 is 0 Å². The minimum Gasteiger partial charge on any atom is -0.376 e. The van der Waals surface area contributed by atoms with Crippen LogP contribution in [0.1, 0.15) is 19.3 Å². The lowest BCUT2D eigenvalue weighted by molar-refractivity contribution is -0.121. The summed E-state index contributed by atoms with van der Waals surface area (Å²) in [6.07, 6.45) is 2.99. The van der Waals surface area contributed by atoms with Gasteiger partial charge in [0.15, 0.2) is 0 Å². The largest absolute Gasteiger partial charge is 0.376 e. The first-order valence-electron chi connectivity index (χ1n) is 4.86. The molecule has 0 aromatic heterocycles. The first-order valence-corrected chi connectivity index (χ1v) is 4.86. The molecular weight excluding hydrogens is 168 g/mol. The second kappa shape index (κ2) is 5.94. The van der Waals surface area contributed by atoms with Gasteiger partial charge in [-0.15, -0.1) is 0 Å².